The van der Waals surface area contributed by atoms with Crippen LogP contribution in [0.4, 0.5) is 11.4 Å². The van der Waals surface area contributed by atoms with Crippen LogP contribution < -0.4 is 19.7 Å². The number of halogens is 1. The van der Waals surface area contributed by atoms with E-state index in [2.05, 4.69) is 21.2 Å². The van der Waals surface area contributed by atoms with Crippen LogP contribution in [0.1, 0.15) is 23.6 Å². The molecule has 3 aromatic rings. The number of nitrogens with zero attached hydrogens (tertiary/aromatic N) is 2. The highest BCUT2D eigenvalue weighted by atomic mass is 79.9. The lowest BCUT2D eigenvalue weighted by molar-refractivity contribution is -0.112. The largest absolute Gasteiger partial charge is 0.490 e. The number of aryl methyl sites for hydroxylation is 1. The Morgan fingerprint density at radius 3 is 2.37 bits per heavy atom. The van der Waals surface area contributed by atoms with Gasteiger partial charge in [-0.05, 0) is 83.4 Å². The van der Waals surface area contributed by atoms with Gasteiger partial charge in [0.1, 0.15) is 18.2 Å². The van der Waals surface area contributed by atoms with Crippen LogP contribution >= 0.6 is 15.9 Å². The average Bonchev–Trinajstić information content (AvgIpc) is 2.83. The molecule has 3 rings (SSSR count). The number of hydrogen-bond acceptors (Lipinski definition) is 5. The average molecular weight is 534 g/mol. The summed E-state index contributed by atoms with van der Waals surface area (Å²) in [5.74, 6) is 0.601. The molecule has 1 N–H and O–H groups in total. The standard InChI is InChI=1S/C28H28BrN3O3/c1-5-34-26-16-21(15-25(29)27(26)35-18-20-8-6-19(2)7-9-20)14-22(17-30)28(33)31-23-10-12-24(13-11-23)32(3)4/h6-16H,5,18H2,1-4H3,(H,31,33)/b22-14-. The van der Waals surface area contributed by atoms with Gasteiger partial charge in [0.05, 0.1) is 11.1 Å². The van der Waals surface area contributed by atoms with Gasteiger partial charge in [0, 0.05) is 25.5 Å². The van der Waals surface area contributed by atoms with Crippen LogP contribution in [0.3, 0.4) is 0 Å². The van der Waals surface area contributed by atoms with E-state index in [-0.39, 0.29) is 5.57 Å². The van der Waals surface area contributed by atoms with Crippen molar-refractivity contribution in [1.82, 2.24) is 0 Å². The Labute approximate surface area is 214 Å². The molecule has 3 aromatic carbocycles. The Kier molecular flexibility index (Phi) is 8.93. The van der Waals surface area contributed by atoms with Crippen molar-refractivity contribution in [2.45, 2.75) is 20.5 Å². The van der Waals surface area contributed by atoms with Gasteiger partial charge in [-0.15, -0.1) is 0 Å². The van der Waals surface area contributed by atoms with Crippen molar-refractivity contribution in [3.63, 3.8) is 0 Å². The summed E-state index contributed by atoms with van der Waals surface area (Å²) in [6.07, 6.45) is 1.53. The number of anilines is 2. The van der Waals surface area contributed by atoms with Crippen molar-refractivity contribution < 1.29 is 14.3 Å². The monoisotopic (exact) mass is 533 g/mol. The van der Waals surface area contributed by atoms with Crippen molar-refractivity contribution in [3.8, 4) is 17.6 Å². The highest BCUT2D eigenvalue weighted by Gasteiger charge is 2.15. The fourth-order valence-corrected chi connectivity index (χ4v) is 3.84. The number of nitriles is 1. The minimum atomic E-state index is -0.487. The molecule has 0 heterocycles. The predicted molar refractivity (Wildman–Crippen MR) is 144 cm³/mol. The Hall–Kier alpha value is -3.76. The van der Waals surface area contributed by atoms with Gasteiger partial charge in [-0.1, -0.05) is 29.8 Å². The first-order valence-electron chi connectivity index (χ1n) is 11.2. The van der Waals surface area contributed by atoms with E-state index in [0.29, 0.717) is 40.4 Å². The van der Waals surface area contributed by atoms with E-state index in [1.54, 1.807) is 24.3 Å². The predicted octanol–water partition coefficient (Wildman–Crippen LogP) is 6.35. The molecule has 0 saturated carbocycles. The van der Waals surface area contributed by atoms with E-state index >= 15 is 0 Å². The summed E-state index contributed by atoms with van der Waals surface area (Å²) >= 11 is 3.55. The van der Waals surface area contributed by atoms with Crippen LogP contribution in [-0.2, 0) is 11.4 Å². The molecule has 0 fully saturated rings. The van der Waals surface area contributed by atoms with Gasteiger partial charge in [-0.25, -0.2) is 0 Å². The number of nitrogens with one attached hydrogen (secondary N) is 1. The number of hydrogen-bond donors (Lipinski definition) is 1. The summed E-state index contributed by atoms with van der Waals surface area (Å²) in [7, 11) is 3.88. The van der Waals surface area contributed by atoms with Gasteiger partial charge in [0.25, 0.3) is 5.91 Å². The van der Waals surface area contributed by atoms with E-state index in [9.17, 15) is 10.1 Å². The molecule has 35 heavy (non-hydrogen) atoms. The third-order valence-electron chi connectivity index (χ3n) is 5.15. The van der Waals surface area contributed by atoms with Gasteiger partial charge in [0.2, 0.25) is 0 Å². The van der Waals surface area contributed by atoms with E-state index in [0.717, 1.165) is 11.3 Å². The maximum absolute atomic E-state index is 12.7. The second-order valence-corrected chi connectivity index (χ2v) is 8.96. The quantitative estimate of drug-likeness (QED) is 0.256. The lowest BCUT2D eigenvalue weighted by Gasteiger charge is -2.15. The molecular formula is C28H28BrN3O3. The summed E-state index contributed by atoms with van der Waals surface area (Å²) in [5.41, 5.74) is 4.46. The molecule has 1 amide bonds. The van der Waals surface area contributed by atoms with Crippen molar-refractivity contribution in [1.29, 1.82) is 5.26 Å². The smallest absolute Gasteiger partial charge is 0.266 e. The Balaban J connectivity index is 1.81. The second-order valence-electron chi connectivity index (χ2n) is 8.10. The molecule has 0 aliphatic carbocycles. The first-order chi connectivity index (χ1) is 16.8. The number of ether oxygens (including phenoxy) is 2. The van der Waals surface area contributed by atoms with Gasteiger partial charge in [0.15, 0.2) is 11.5 Å². The molecule has 0 saturated heterocycles. The summed E-state index contributed by atoms with van der Waals surface area (Å²) < 4.78 is 12.5. The first kappa shape index (κ1) is 25.9. The zero-order valence-corrected chi connectivity index (χ0v) is 21.8. The number of rotatable bonds is 9. The van der Waals surface area contributed by atoms with E-state index in [1.165, 1.54) is 11.6 Å². The van der Waals surface area contributed by atoms with Crippen molar-refractivity contribution in [2.75, 3.05) is 30.9 Å². The second kappa shape index (κ2) is 12.1. The summed E-state index contributed by atoms with van der Waals surface area (Å²) in [6.45, 7) is 4.74. The summed E-state index contributed by atoms with van der Waals surface area (Å²) in [4.78, 5) is 14.7. The van der Waals surface area contributed by atoms with E-state index < -0.39 is 5.91 Å². The lowest BCUT2D eigenvalue weighted by atomic mass is 10.1. The normalized spacial score (nSPS) is 10.9. The van der Waals surface area contributed by atoms with Gasteiger partial charge in [-0.2, -0.15) is 5.26 Å². The molecule has 0 unspecified atom stereocenters. The molecule has 0 aliphatic heterocycles. The molecular weight excluding hydrogens is 506 g/mol. The summed E-state index contributed by atoms with van der Waals surface area (Å²) in [6, 6.07) is 21.0. The van der Waals surface area contributed by atoms with Crippen LogP contribution in [-0.4, -0.2) is 26.6 Å². The third-order valence-corrected chi connectivity index (χ3v) is 5.74. The SMILES string of the molecule is CCOc1cc(/C=C(/C#N)C(=O)Nc2ccc(N(C)C)cc2)cc(Br)c1OCc1ccc(C)cc1. The van der Waals surface area contributed by atoms with Crippen LogP contribution in [0, 0.1) is 18.3 Å². The minimum Gasteiger partial charge on any atom is -0.490 e. The molecule has 0 atom stereocenters. The van der Waals surface area contributed by atoms with Crippen LogP contribution in [0.25, 0.3) is 6.08 Å². The molecule has 7 heteroatoms. The van der Waals surface area contributed by atoms with E-state index in [1.807, 2.05) is 75.3 Å². The molecule has 0 radical (unpaired) electrons. The highest BCUT2D eigenvalue weighted by Crippen LogP contribution is 2.38. The molecule has 180 valence electrons. The van der Waals surface area contributed by atoms with Crippen LogP contribution in [0.15, 0.2) is 70.7 Å². The maximum Gasteiger partial charge on any atom is 0.266 e. The first-order valence-corrected chi connectivity index (χ1v) is 11.9. The molecule has 0 aliphatic rings. The zero-order chi connectivity index (χ0) is 25.4. The summed E-state index contributed by atoms with van der Waals surface area (Å²) in [5, 5.41) is 12.4. The van der Waals surface area contributed by atoms with E-state index in [4.69, 9.17) is 9.47 Å². The number of carbonyl (C=O) groups excluding carboxylic acids is 1. The van der Waals surface area contributed by atoms with Gasteiger partial charge in [-0.3, -0.25) is 4.79 Å². The van der Waals surface area contributed by atoms with Crippen LogP contribution in [0.2, 0.25) is 0 Å². The molecule has 0 bridgehead atoms. The maximum atomic E-state index is 12.7. The van der Waals surface area contributed by atoms with Gasteiger partial charge < -0.3 is 19.7 Å². The van der Waals surface area contributed by atoms with Crippen molar-refractivity contribution in [3.05, 3.63) is 87.4 Å². The zero-order valence-electron chi connectivity index (χ0n) is 20.3. The Morgan fingerprint density at radius 2 is 1.77 bits per heavy atom. The number of amides is 1. The molecule has 0 aromatic heterocycles. The molecule has 0 spiro atoms. The number of benzene rings is 3. The Bertz CT molecular complexity index is 1240. The highest BCUT2D eigenvalue weighted by molar-refractivity contribution is 9.10. The Morgan fingerprint density at radius 1 is 1.09 bits per heavy atom. The molecule has 6 nitrogen and oxygen atoms in total. The number of carbonyl (C=O) groups is 1. The van der Waals surface area contributed by atoms with Gasteiger partial charge >= 0.3 is 0 Å². The fraction of sp³-hybridized carbons (Fsp3) is 0.214. The third kappa shape index (κ3) is 7.11. The van der Waals surface area contributed by atoms with Crippen molar-refractivity contribution in [2.24, 2.45) is 0 Å². The topological polar surface area (TPSA) is 74.6 Å². The van der Waals surface area contributed by atoms with Crippen LogP contribution in [0.5, 0.6) is 11.5 Å². The minimum absolute atomic E-state index is 0.0237. The van der Waals surface area contributed by atoms with Crippen molar-refractivity contribution >= 4 is 39.3 Å². The lowest BCUT2D eigenvalue weighted by Crippen LogP contribution is -2.14. The fourth-order valence-electron chi connectivity index (χ4n) is 3.27.